The maximum atomic E-state index is 6.01. The summed E-state index contributed by atoms with van der Waals surface area (Å²) in [6, 6.07) is 12.2. The fourth-order valence-corrected chi connectivity index (χ4v) is 2.82. The summed E-state index contributed by atoms with van der Waals surface area (Å²) in [5.74, 6) is 2.36. The first kappa shape index (κ1) is 20.1. The Kier molecular flexibility index (Phi) is 6.92. The minimum atomic E-state index is 0.0297. The van der Waals surface area contributed by atoms with E-state index in [2.05, 4.69) is 39.8 Å². The zero-order valence-electron chi connectivity index (χ0n) is 16.6. The van der Waals surface area contributed by atoms with E-state index in [0.717, 1.165) is 29.2 Å². The molecule has 0 radical (unpaired) electrons. The highest BCUT2D eigenvalue weighted by Crippen LogP contribution is 2.32. The predicted octanol–water partition coefficient (Wildman–Crippen LogP) is 4.26. The van der Waals surface area contributed by atoms with Gasteiger partial charge in [-0.3, -0.25) is 0 Å². The van der Waals surface area contributed by atoms with Gasteiger partial charge < -0.3 is 19.9 Å². The normalized spacial score (nSPS) is 11.3. The molecule has 0 bridgehead atoms. The third-order valence-corrected chi connectivity index (χ3v) is 4.20. The van der Waals surface area contributed by atoms with Crippen LogP contribution in [0.5, 0.6) is 17.2 Å². The van der Waals surface area contributed by atoms with E-state index in [0.29, 0.717) is 19.8 Å². The van der Waals surface area contributed by atoms with Gasteiger partial charge in [-0.25, -0.2) is 0 Å². The van der Waals surface area contributed by atoms with Crippen LogP contribution in [-0.2, 0) is 11.8 Å². The lowest BCUT2D eigenvalue weighted by molar-refractivity contribution is 0.208. The van der Waals surface area contributed by atoms with Gasteiger partial charge in [0.15, 0.2) is 11.5 Å². The van der Waals surface area contributed by atoms with Gasteiger partial charge in [0.25, 0.3) is 0 Å². The minimum Gasteiger partial charge on any atom is -0.493 e. The fourth-order valence-electron chi connectivity index (χ4n) is 2.82. The molecule has 0 amide bonds. The molecule has 0 aliphatic carbocycles. The molecule has 2 rings (SSSR count). The number of benzene rings is 2. The molecule has 2 aromatic carbocycles. The maximum Gasteiger partial charge on any atom is 0.161 e. The second-order valence-corrected chi connectivity index (χ2v) is 7.47. The smallest absolute Gasteiger partial charge is 0.161 e. The highest BCUT2D eigenvalue weighted by molar-refractivity contribution is 5.43. The molecule has 26 heavy (non-hydrogen) atoms. The van der Waals surface area contributed by atoms with E-state index in [1.807, 2.05) is 24.3 Å². The van der Waals surface area contributed by atoms with Gasteiger partial charge in [0.1, 0.15) is 19.0 Å². The van der Waals surface area contributed by atoms with E-state index in [4.69, 9.17) is 19.9 Å². The van der Waals surface area contributed by atoms with Gasteiger partial charge in [-0.05, 0) is 54.6 Å². The van der Waals surface area contributed by atoms with E-state index >= 15 is 0 Å². The van der Waals surface area contributed by atoms with Crippen LogP contribution >= 0.6 is 0 Å². The first-order valence-electron chi connectivity index (χ1n) is 9.09. The molecule has 0 heterocycles. The van der Waals surface area contributed by atoms with Gasteiger partial charge in [-0.15, -0.1) is 0 Å². The van der Waals surface area contributed by atoms with Gasteiger partial charge in [0.05, 0.1) is 7.11 Å². The van der Waals surface area contributed by atoms with Crippen LogP contribution in [0.3, 0.4) is 0 Å². The van der Waals surface area contributed by atoms with E-state index in [9.17, 15) is 0 Å². The van der Waals surface area contributed by atoms with Crippen LogP contribution in [0.15, 0.2) is 36.4 Å². The van der Waals surface area contributed by atoms with E-state index in [1.54, 1.807) is 7.11 Å². The minimum absolute atomic E-state index is 0.0297. The highest BCUT2D eigenvalue weighted by Gasteiger charge is 2.19. The van der Waals surface area contributed by atoms with Crippen LogP contribution in [0, 0.1) is 6.92 Å². The number of aryl methyl sites for hydroxylation is 1. The standard InChI is InChI=1S/C22H31NO3/c1-16-6-8-19(18(14-16)22(2,3)4)25-12-13-26-21-15-17(10-11-23)7-9-20(21)24-5/h6-9,14-15H,10-13,23H2,1-5H3. The summed E-state index contributed by atoms with van der Waals surface area (Å²) < 4.78 is 17.3. The van der Waals surface area contributed by atoms with Crippen LogP contribution in [0.25, 0.3) is 0 Å². The van der Waals surface area contributed by atoms with Gasteiger partial charge >= 0.3 is 0 Å². The summed E-state index contributed by atoms with van der Waals surface area (Å²) in [6.45, 7) is 10.2. The number of hydrogen-bond donors (Lipinski definition) is 1. The van der Waals surface area contributed by atoms with Gasteiger partial charge in [0.2, 0.25) is 0 Å². The van der Waals surface area contributed by atoms with Gasteiger partial charge in [-0.1, -0.05) is 44.5 Å². The van der Waals surface area contributed by atoms with Crippen molar-refractivity contribution in [3.05, 3.63) is 53.1 Å². The summed E-state index contributed by atoms with van der Waals surface area (Å²) in [7, 11) is 1.64. The SMILES string of the molecule is COc1ccc(CCN)cc1OCCOc1ccc(C)cc1C(C)(C)C. The number of ether oxygens (including phenoxy) is 3. The lowest BCUT2D eigenvalue weighted by atomic mass is 9.85. The highest BCUT2D eigenvalue weighted by atomic mass is 16.5. The van der Waals surface area contributed by atoms with Crippen LogP contribution < -0.4 is 19.9 Å². The van der Waals surface area contributed by atoms with E-state index in [1.165, 1.54) is 11.1 Å². The number of hydrogen-bond acceptors (Lipinski definition) is 4. The molecule has 0 saturated carbocycles. The Hall–Kier alpha value is -2.20. The lowest BCUT2D eigenvalue weighted by Crippen LogP contribution is -2.16. The molecule has 0 unspecified atom stereocenters. The maximum absolute atomic E-state index is 6.01. The third-order valence-electron chi connectivity index (χ3n) is 4.20. The summed E-state index contributed by atoms with van der Waals surface area (Å²) in [6.07, 6.45) is 0.815. The Morgan fingerprint density at radius 1 is 0.885 bits per heavy atom. The molecule has 2 aromatic rings. The Bertz CT molecular complexity index is 720. The van der Waals surface area contributed by atoms with Crippen LogP contribution in [-0.4, -0.2) is 26.9 Å². The van der Waals surface area contributed by atoms with Crippen molar-refractivity contribution in [3.63, 3.8) is 0 Å². The fraction of sp³-hybridized carbons (Fsp3) is 0.455. The summed E-state index contributed by atoms with van der Waals surface area (Å²) in [4.78, 5) is 0. The molecule has 4 heteroatoms. The molecule has 0 aromatic heterocycles. The molecule has 0 aliphatic heterocycles. The predicted molar refractivity (Wildman–Crippen MR) is 107 cm³/mol. The Morgan fingerprint density at radius 3 is 2.15 bits per heavy atom. The van der Waals surface area contributed by atoms with Crippen LogP contribution in [0.4, 0.5) is 0 Å². The van der Waals surface area contributed by atoms with Gasteiger partial charge in [-0.2, -0.15) is 0 Å². The van der Waals surface area contributed by atoms with E-state index < -0.39 is 0 Å². The lowest BCUT2D eigenvalue weighted by Gasteiger charge is -2.23. The zero-order chi connectivity index (χ0) is 19.2. The van der Waals surface area contributed by atoms with E-state index in [-0.39, 0.29) is 5.41 Å². The summed E-state index contributed by atoms with van der Waals surface area (Å²) >= 11 is 0. The molecule has 2 N–H and O–H groups in total. The van der Waals surface area contributed by atoms with Crippen LogP contribution in [0.1, 0.15) is 37.5 Å². The third kappa shape index (κ3) is 5.40. The second kappa shape index (κ2) is 8.95. The molecular weight excluding hydrogens is 326 g/mol. The van der Waals surface area contributed by atoms with Crippen molar-refractivity contribution >= 4 is 0 Å². The largest absolute Gasteiger partial charge is 0.493 e. The summed E-state index contributed by atoms with van der Waals surface area (Å²) in [5, 5.41) is 0. The average molecular weight is 357 g/mol. The van der Waals surface area contributed by atoms with Crippen molar-refractivity contribution in [2.75, 3.05) is 26.9 Å². The quantitative estimate of drug-likeness (QED) is 0.717. The van der Waals surface area contributed by atoms with Crippen molar-refractivity contribution in [2.45, 2.75) is 39.5 Å². The summed E-state index contributed by atoms with van der Waals surface area (Å²) in [5.41, 5.74) is 9.25. The van der Waals surface area contributed by atoms with Crippen molar-refractivity contribution in [1.82, 2.24) is 0 Å². The first-order valence-corrected chi connectivity index (χ1v) is 9.09. The van der Waals surface area contributed by atoms with Crippen molar-refractivity contribution in [3.8, 4) is 17.2 Å². The molecular formula is C22H31NO3. The van der Waals surface area contributed by atoms with Crippen LogP contribution in [0.2, 0.25) is 0 Å². The molecule has 0 atom stereocenters. The first-order chi connectivity index (χ1) is 12.3. The topological polar surface area (TPSA) is 53.7 Å². The number of nitrogens with two attached hydrogens (primary N) is 1. The van der Waals surface area contributed by atoms with Gasteiger partial charge in [0, 0.05) is 0 Å². The number of methoxy groups -OCH3 is 1. The van der Waals surface area contributed by atoms with Crippen molar-refractivity contribution in [2.24, 2.45) is 5.73 Å². The monoisotopic (exact) mass is 357 g/mol. The van der Waals surface area contributed by atoms with Crippen molar-refractivity contribution in [1.29, 1.82) is 0 Å². The van der Waals surface area contributed by atoms with Crippen molar-refractivity contribution < 1.29 is 14.2 Å². The number of rotatable bonds is 8. The Morgan fingerprint density at radius 2 is 1.54 bits per heavy atom. The molecule has 142 valence electrons. The Labute approximate surface area is 157 Å². The molecule has 0 spiro atoms. The second-order valence-electron chi connectivity index (χ2n) is 7.47. The molecule has 0 saturated heterocycles. The molecule has 4 nitrogen and oxygen atoms in total. The molecule has 0 fully saturated rings. The Balaban J connectivity index is 2.00. The zero-order valence-corrected chi connectivity index (χ0v) is 16.6. The average Bonchev–Trinajstić information content (AvgIpc) is 2.59. The molecule has 0 aliphatic rings.